The summed E-state index contributed by atoms with van der Waals surface area (Å²) in [7, 11) is -3.49. The summed E-state index contributed by atoms with van der Waals surface area (Å²) in [6.07, 6.45) is 3.07. The molecule has 0 N–H and O–H groups in total. The summed E-state index contributed by atoms with van der Waals surface area (Å²) in [4.78, 5) is 0. The Morgan fingerprint density at radius 3 is 2.77 bits per heavy atom. The highest BCUT2D eigenvalue weighted by Gasteiger charge is 2.24. The van der Waals surface area contributed by atoms with Gasteiger partial charge < -0.3 is 8.94 Å². The monoisotopic (exact) mass is 320 g/mol. The lowest BCUT2D eigenvalue weighted by Gasteiger charge is -2.19. The second kappa shape index (κ2) is 5.94. The molecule has 0 aliphatic carbocycles. The predicted octanol–water partition coefficient (Wildman–Crippen LogP) is 2.77. The van der Waals surface area contributed by atoms with Gasteiger partial charge in [0.25, 0.3) is 0 Å². The van der Waals surface area contributed by atoms with Crippen molar-refractivity contribution in [1.82, 2.24) is 9.46 Å². The first-order chi connectivity index (χ1) is 10.6. The van der Waals surface area contributed by atoms with Crippen LogP contribution >= 0.6 is 0 Å². The molecule has 116 valence electrons. The van der Waals surface area contributed by atoms with Crippen molar-refractivity contribution in [1.29, 1.82) is 0 Å². The van der Waals surface area contributed by atoms with Crippen LogP contribution in [0.25, 0.3) is 11.0 Å². The lowest BCUT2D eigenvalue weighted by atomic mass is 10.2. The number of nitrogens with zero attached hydrogens (tertiary/aromatic N) is 2. The van der Waals surface area contributed by atoms with Crippen molar-refractivity contribution < 1.29 is 17.4 Å². The van der Waals surface area contributed by atoms with E-state index in [2.05, 4.69) is 5.16 Å². The summed E-state index contributed by atoms with van der Waals surface area (Å²) in [6, 6.07) is 8.98. The first kappa shape index (κ1) is 14.8. The Balaban J connectivity index is 1.85. The van der Waals surface area contributed by atoms with Gasteiger partial charge in [-0.2, -0.15) is 4.31 Å². The second-order valence-electron chi connectivity index (χ2n) is 4.94. The third-order valence-electron chi connectivity index (χ3n) is 3.46. The fraction of sp³-hybridized carbons (Fsp3) is 0.267. The molecule has 0 aliphatic heterocycles. The van der Waals surface area contributed by atoms with Crippen LogP contribution in [0.4, 0.5) is 0 Å². The quantitative estimate of drug-likeness (QED) is 0.698. The van der Waals surface area contributed by atoms with E-state index in [1.165, 1.54) is 10.6 Å². The van der Waals surface area contributed by atoms with Gasteiger partial charge in [0, 0.05) is 24.0 Å². The number of fused-ring (bicyclic) bond motifs is 1. The van der Waals surface area contributed by atoms with Gasteiger partial charge in [0.1, 0.15) is 11.4 Å². The van der Waals surface area contributed by atoms with E-state index in [-0.39, 0.29) is 12.3 Å². The van der Waals surface area contributed by atoms with E-state index < -0.39 is 10.0 Å². The van der Waals surface area contributed by atoms with E-state index in [1.54, 1.807) is 25.3 Å². The minimum absolute atomic E-state index is 0.185. The van der Waals surface area contributed by atoms with Crippen LogP contribution in [0.5, 0.6) is 0 Å². The number of hydrogen-bond acceptors (Lipinski definition) is 5. The Kier molecular flexibility index (Phi) is 4.00. The highest BCUT2D eigenvalue weighted by molar-refractivity contribution is 7.88. The van der Waals surface area contributed by atoms with Crippen LogP contribution in [0.1, 0.15) is 18.2 Å². The summed E-state index contributed by atoms with van der Waals surface area (Å²) >= 11 is 0. The Morgan fingerprint density at radius 1 is 1.23 bits per heavy atom. The first-order valence-corrected chi connectivity index (χ1v) is 8.53. The molecule has 0 saturated heterocycles. The van der Waals surface area contributed by atoms with Crippen molar-refractivity contribution >= 4 is 21.0 Å². The maximum Gasteiger partial charge on any atom is 0.220 e. The maximum atomic E-state index is 12.6. The van der Waals surface area contributed by atoms with Gasteiger partial charge in [0.15, 0.2) is 5.58 Å². The number of aromatic nitrogens is 1. The van der Waals surface area contributed by atoms with E-state index in [0.29, 0.717) is 17.8 Å². The Morgan fingerprint density at radius 2 is 2.05 bits per heavy atom. The normalized spacial score (nSPS) is 12.3. The van der Waals surface area contributed by atoms with Crippen molar-refractivity contribution in [3.05, 3.63) is 54.1 Å². The second-order valence-corrected chi connectivity index (χ2v) is 6.91. The molecule has 6 nitrogen and oxygen atoms in total. The molecule has 7 heteroatoms. The van der Waals surface area contributed by atoms with E-state index >= 15 is 0 Å². The van der Waals surface area contributed by atoms with Gasteiger partial charge >= 0.3 is 0 Å². The Labute approximate surface area is 128 Å². The smallest absolute Gasteiger partial charge is 0.220 e. The molecule has 0 amide bonds. The molecule has 3 aromatic rings. The van der Waals surface area contributed by atoms with E-state index in [9.17, 15) is 8.42 Å². The van der Waals surface area contributed by atoms with Crippen molar-refractivity contribution in [2.75, 3.05) is 6.54 Å². The molecular weight excluding hydrogens is 304 g/mol. The van der Waals surface area contributed by atoms with E-state index in [4.69, 9.17) is 8.94 Å². The number of benzene rings is 1. The Bertz CT molecular complexity index is 853. The standard InChI is InChI=1S/C15H16N2O4S/c1-2-17(9-12-7-8-20-10-12)22(18,19)11-14-13-5-3-4-6-15(13)21-16-14/h3-8,10H,2,9,11H2,1H3. The predicted molar refractivity (Wildman–Crippen MR) is 81.4 cm³/mol. The van der Waals surface area contributed by atoms with Crippen LogP contribution in [0.2, 0.25) is 0 Å². The zero-order chi connectivity index (χ0) is 15.6. The molecule has 0 fully saturated rings. The number of para-hydroxylation sites is 1. The fourth-order valence-electron chi connectivity index (χ4n) is 2.30. The molecule has 0 saturated carbocycles. The number of hydrogen-bond donors (Lipinski definition) is 0. The molecule has 3 rings (SSSR count). The molecule has 2 heterocycles. The molecule has 0 atom stereocenters. The molecular formula is C15H16N2O4S. The minimum atomic E-state index is -3.49. The molecule has 0 radical (unpaired) electrons. The minimum Gasteiger partial charge on any atom is -0.472 e. The van der Waals surface area contributed by atoms with Gasteiger partial charge in [-0.15, -0.1) is 0 Å². The molecule has 1 aromatic carbocycles. The number of furan rings is 1. The van der Waals surface area contributed by atoms with Crippen molar-refractivity contribution in [2.24, 2.45) is 0 Å². The van der Waals surface area contributed by atoms with Gasteiger partial charge in [0.05, 0.1) is 12.5 Å². The maximum absolute atomic E-state index is 12.6. The molecule has 0 bridgehead atoms. The summed E-state index contributed by atoms with van der Waals surface area (Å²) in [5.74, 6) is -0.185. The van der Waals surface area contributed by atoms with Gasteiger partial charge in [0.2, 0.25) is 10.0 Å². The van der Waals surface area contributed by atoms with Gasteiger partial charge in [-0.3, -0.25) is 0 Å². The lowest BCUT2D eigenvalue weighted by molar-refractivity contribution is 0.416. The SMILES string of the molecule is CCN(Cc1ccoc1)S(=O)(=O)Cc1noc2ccccc12. The van der Waals surface area contributed by atoms with Crippen molar-refractivity contribution in [3.63, 3.8) is 0 Å². The summed E-state index contributed by atoms with van der Waals surface area (Å²) in [5, 5.41) is 4.62. The average Bonchev–Trinajstić information content (AvgIpc) is 3.15. The van der Waals surface area contributed by atoms with Gasteiger partial charge in [-0.25, -0.2) is 8.42 Å². The molecule has 2 aromatic heterocycles. The number of rotatable bonds is 6. The lowest BCUT2D eigenvalue weighted by Crippen LogP contribution is -2.31. The first-order valence-electron chi connectivity index (χ1n) is 6.92. The van der Waals surface area contributed by atoms with Crippen LogP contribution in [0.15, 0.2) is 51.8 Å². The summed E-state index contributed by atoms with van der Waals surface area (Å²) < 4.78 is 36.8. The van der Waals surface area contributed by atoms with Crippen molar-refractivity contribution in [2.45, 2.75) is 19.2 Å². The third kappa shape index (κ3) is 2.90. The van der Waals surface area contributed by atoms with Crippen LogP contribution in [0, 0.1) is 0 Å². The zero-order valence-corrected chi connectivity index (χ0v) is 12.9. The van der Waals surface area contributed by atoms with Crippen LogP contribution < -0.4 is 0 Å². The van der Waals surface area contributed by atoms with Gasteiger partial charge in [-0.05, 0) is 18.2 Å². The van der Waals surface area contributed by atoms with Gasteiger partial charge in [-0.1, -0.05) is 24.2 Å². The zero-order valence-electron chi connectivity index (χ0n) is 12.1. The highest BCUT2D eigenvalue weighted by Crippen LogP contribution is 2.21. The van der Waals surface area contributed by atoms with Crippen molar-refractivity contribution in [3.8, 4) is 0 Å². The fourth-order valence-corrected chi connectivity index (χ4v) is 3.77. The molecule has 0 spiro atoms. The summed E-state index contributed by atoms with van der Waals surface area (Å²) in [6.45, 7) is 2.47. The van der Waals surface area contributed by atoms with Crippen LogP contribution in [-0.2, 0) is 22.3 Å². The average molecular weight is 320 g/mol. The third-order valence-corrected chi connectivity index (χ3v) is 5.27. The number of sulfonamides is 1. The van der Waals surface area contributed by atoms with E-state index in [1.807, 2.05) is 18.2 Å². The van der Waals surface area contributed by atoms with Crippen LogP contribution in [-0.4, -0.2) is 24.4 Å². The highest BCUT2D eigenvalue weighted by atomic mass is 32.2. The Hall–Kier alpha value is -2.12. The molecule has 0 unspecified atom stereocenters. The molecule has 0 aliphatic rings. The largest absolute Gasteiger partial charge is 0.472 e. The van der Waals surface area contributed by atoms with E-state index in [0.717, 1.165) is 10.9 Å². The molecule has 22 heavy (non-hydrogen) atoms. The summed E-state index contributed by atoms with van der Waals surface area (Å²) in [5.41, 5.74) is 1.84. The van der Waals surface area contributed by atoms with Crippen LogP contribution in [0.3, 0.4) is 0 Å². The topological polar surface area (TPSA) is 76.6 Å².